The molecule has 3 nitrogen and oxygen atoms in total. The SMILES string of the molecule is C1=CCCCC1.CC(N)C(=O)O. The number of hydrogen-bond donors (Lipinski definition) is 2. The van der Waals surface area contributed by atoms with E-state index in [2.05, 4.69) is 12.2 Å². The van der Waals surface area contributed by atoms with E-state index in [9.17, 15) is 4.79 Å². The van der Waals surface area contributed by atoms with Crippen molar-refractivity contribution in [2.24, 2.45) is 5.73 Å². The highest BCUT2D eigenvalue weighted by Gasteiger charge is 1.99. The van der Waals surface area contributed by atoms with Gasteiger partial charge in [-0.1, -0.05) is 12.2 Å². The van der Waals surface area contributed by atoms with Crippen molar-refractivity contribution in [3.63, 3.8) is 0 Å². The Balaban J connectivity index is 0.000000202. The molecule has 3 N–H and O–H groups in total. The molecule has 0 aromatic carbocycles. The molecule has 70 valence electrons. The van der Waals surface area contributed by atoms with Gasteiger partial charge in [-0.05, 0) is 32.6 Å². The van der Waals surface area contributed by atoms with E-state index >= 15 is 0 Å². The van der Waals surface area contributed by atoms with Crippen LogP contribution in [-0.4, -0.2) is 17.1 Å². The largest absolute Gasteiger partial charge is 0.480 e. The highest BCUT2D eigenvalue weighted by atomic mass is 16.4. The van der Waals surface area contributed by atoms with Crippen molar-refractivity contribution in [1.29, 1.82) is 0 Å². The Morgan fingerprint density at radius 2 is 1.75 bits per heavy atom. The van der Waals surface area contributed by atoms with E-state index in [1.165, 1.54) is 32.6 Å². The van der Waals surface area contributed by atoms with Gasteiger partial charge in [-0.2, -0.15) is 0 Å². The summed E-state index contributed by atoms with van der Waals surface area (Å²) < 4.78 is 0. The summed E-state index contributed by atoms with van der Waals surface area (Å²) in [6, 6.07) is -0.731. The van der Waals surface area contributed by atoms with E-state index in [0.29, 0.717) is 0 Å². The van der Waals surface area contributed by atoms with Crippen LogP contribution < -0.4 is 5.73 Å². The molecule has 0 aromatic heterocycles. The molecule has 1 aliphatic rings. The minimum Gasteiger partial charge on any atom is -0.480 e. The number of carboxylic acids is 1. The lowest BCUT2D eigenvalue weighted by Crippen LogP contribution is -2.25. The Bertz CT molecular complexity index is 145. The van der Waals surface area contributed by atoms with Gasteiger partial charge in [-0.3, -0.25) is 4.79 Å². The third-order valence-electron chi connectivity index (χ3n) is 1.55. The maximum absolute atomic E-state index is 9.57. The van der Waals surface area contributed by atoms with Gasteiger partial charge in [0.05, 0.1) is 0 Å². The second kappa shape index (κ2) is 6.85. The van der Waals surface area contributed by atoms with Crippen LogP contribution in [0.25, 0.3) is 0 Å². The predicted molar refractivity (Wildman–Crippen MR) is 48.9 cm³/mol. The molecule has 0 radical (unpaired) electrons. The molecular formula is C9H17NO2. The van der Waals surface area contributed by atoms with E-state index in [1.54, 1.807) is 0 Å². The molecule has 3 heteroatoms. The van der Waals surface area contributed by atoms with E-state index in [-0.39, 0.29) is 0 Å². The number of rotatable bonds is 1. The summed E-state index contributed by atoms with van der Waals surface area (Å²) in [6.07, 6.45) is 10.0. The highest BCUT2D eigenvalue weighted by molar-refractivity contribution is 5.72. The molecular weight excluding hydrogens is 154 g/mol. The van der Waals surface area contributed by atoms with Crippen LogP contribution in [-0.2, 0) is 4.79 Å². The summed E-state index contributed by atoms with van der Waals surface area (Å²) in [6.45, 7) is 1.42. The highest BCUT2D eigenvalue weighted by Crippen LogP contribution is 2.07. The van der Waals surface area contributed by atoms with Gasteiger partial charge in [0.15, 0.2) is 0 Å². The summed E-state index contributed by atoms with van der Waals surface area (Å²) in [5.41, 5.74) is 4.84. The number of hydrogen-bond acceptors (Lipinski definition) is 2. The Kier molecular flexibility index (Phi) is 6.38. The molecule has 0 saturated carbocycles. The lowest BCUT2D eigenvalue weighted by atomic mass is 10.1. The Morgan fingerprint density at radius 1 is 1.42 bits per heavy atom. The first-order valence-electron chi connectivity index (χ1n) is 4.28. The fraction of sp³-hybridized carbons (Fsp3) is 0.667. The number of nitrogens with two attached hydrogens (primary N) is 1. The summed E-state index contributed by atoms with van der Waals surface area (Å²) in [5.74, 6) is -0.963. The van der Waals surface area contributed by atoms with Crippen LogP contribution in [0.4, 0.5) is 0 Å². The number of carboxylic acid groups (broad SMARTS) is 1. The van der Waals surface area contributed by atoms with Crippen molar-refractivity contribution in [3.8, 4) is 0 Å². The lowest BCUT2D eigenvalue weighted by molar-refractivity contribution is -0.138. The molecule has 12 heavy (non-hydrogen) atoms. The van der Waals surface area contributed by atoms with E-state index in [4.69, 9.17) is 10.8 Å². The number of allylic oxidation sites excluding steroid dienone is 2. The van der Waals surface area contributed by atoms with Crippen LogP contribution in [0.5, 0.6) is 0 Å². The molecule has 1 rings (SSSR count). The standard InChI is InChI=1S/C6H10.C3H7NO2/c1-2-4-6-5-3-1;1-2(4)3(5)6/h1-2H,3-6H2;2H,4H2,1H3,(H,5,6). The van der Waals surface area contributed by atoms with Crippen LogP contribution in [0, 0.1) is 0 Å². The minimum absolute atomic E-state index is 0.731. The summed E-state index contributed by atoms with van der Waals surface area (Å²) in [4.78, 5) is 9.57. The van der Waals surface area contributed by atoms with Crippen LogP contribution in [0.15, 0.2) is 12.2 Å². The number of aliphatic carboxylic acids is 1. The zero-order chi connectivity index (χ0) is 9.40. The second-order valence-corrected chi connectivity index (χ2v) is 2.88. The molecule has 0 heterocycles. The molecule has 0 bridgehead atoms. The van der Waals surface area contributed by atoms with Crippen molar-refractivity contribution in [2.45, 2.75) is 38.6 Å². The Morgan fingerprint density at radius 3 is 1.83 bits per heavy atom. The average molecular weight is 171 g/mol. The van der Waals surface area contributed by atoms with Crippen molar-refractivity contribution in [1.82, 2.24) is 0 Å². The molecule has 0 amide bonds. The third kappa shape index (κ3) is 7.28. The average Bonchev–Trinajstić information content (AvgIpc) is 2.08. The summed E-state index contributed by atoms with van der Waals surface area (Å²) in [5, 5.41) is 7.87. The quantitative estimate of drug-likeness (QED) is 0.588. The van der Waals surface area contributed by atoms with E-state index in [1.807, 2.05) is 0 Å². The molecule has 0 spiro atoms. The normalized spacial score (nSPS) is 17.5. The van der Waals surface area contributed by atoms with Gasteiger partial charge in [0.2, 0.25) is 0 Å². The van der Waals surface area contributed by atoms with Gasteiger partial charge >= 0.3 is 5.97 Å². The zero-order valence-electron chi connectivity index (χ0n) is 7.49. The molecule has 1 unspecified atom stereocenters. The maximum atomic E-state index is 9.57. The minimum atomic E-state index is -0.963. The van der Waals surface area contributed by atoms with Crippen molar-refractivity contribution in [3.05, 3.63) is 12.2 Å². The fourth-order valence-electron chi connectivity index (χ4n) is 0.760. The first kappa shape index (κ1) is 11.2. The van der Waals surface area contributed by atoms with Gasteiger partial charge in [0.1, 0.15) is 6.04 Å². The summed E-state index contributed by atoms with van der Waals surface area (Å²) >= 11 is 0. The second-order valence-electron chi connectivity index (χ2n) is 2.88. The predicted octanol–water partition coefficient (Wildman–Crippen LogP) is 1.53. The molecule has 0 aromatic rings. The van der Waals surface area contributed by atoms with Gasteiger partial charge < -0.3 is 10.8 Å². The monoisotopic (exact) mass is 171 g/mol. The fourth-order valence-corrected chi connectivity index (χ4v) is 0.760. The molecule has 1 aliphatic carbocycles. The van der Waals surface area contributed by atoms with E-state index < -0.39 is 12.0 Å². The third-order valence-corrected chi connectivity index (χ3v) is 1.55. The molecule has 0 fully saturated rings. The zero-order valence-corrected chi connectivity index (χ0v) is 7.49. The van der Waals surface area contributed by atoms with Crippen LogP contribution in [0.3, 0.4) is 0 Å². The first-order valence-corrected chi connectivity index (χ1v) is 4.28. The molecule has 0 aliphatic heterocycles. The molecule has 0 saturated heterocycles. The molecule has 1 atom stereocenters. The van der Waals surface area contributed by atoms with Gasteiger partial charge in [-0.15, -0.1) is 0 Å². The summed E-state index contributed by atoms with van der Waals surface area (Å²) in [7, 11) is 0. The van der Waals surface area contributed by atoms with Crippen LogP contribution >= 0.6 is 0 Å². The Labute approximate surface area is 73.3 Å². The smallest absolute Gasteiger partial charge is 0.320 e. The van der Waals surface area contributed by atoms with Crippen molar-refractivity contribution < 1.29 is 9.90 Å². The van der Waals surface area contributed by atoms with Gasteiger partial charge in [0.25, 0.3) is 0 Å². The van der Waals surface area contributed by atoms with Crippen LogP contribution in [0.2, 0.25) is 0 Å². The van der Waals surface area contributed by atoms with Crippen molar-refractivity contribution >= 4 is 5.97 Å². The van der Waals surface area contributed by atoms with Gasteiger partial charge in [0, 0.05) is 0 Å². The van der Waals surface area contributed by atoms with E-state index in [0.717, 1.165) is 0 Å². The topological polar surface area (TPSA) is 63.3 Å². The van der Waals surface area contributed by atoms with Crippen molar-refractivity contribution in [2.75, 3.05) is 0 Å². The lowest BCUT2D eigenvalue weighted by Gasteiger charge is -1.97. The van der Waals surface area contributed by atoms with Gasteiger partial charge in [-0.25, -0.2) is 0 Å². The van der Waals surface area contributed by atoms with Crippen LogP contribution in [0.1, 0.15) is 32.6 Å². The number of carbonyl (C=O) groups is 1. The Hall–Kier alpha value is -0.830. The maximum Gasteiger partial charge on any atom is 0.320 e. The first-order chi connectivity index (χ1) is 5.64.